The Balaban J connectivity index is 1.77. The Kier molecular flexibility index (Phi) is 4.16. The third-order valence-corrected chi connectivity index (χ3v) is 4.73. The summed E-state index contributed by atoms with van der Waals surface area (Å²) < 4.78 is 5.53. The fourth-order valence-corrected chi connectivity index (χ4v) is 3.25. The van der Waals surface area contributed by atoms with Crippen molar-refractivity contribution >= 4 is 27.5 Å². The van der Waals surface area contributed by atoms with Gasteiger partial charge in [-0.1, -0.05) is 55.5 Å². The topological polar surface area (TPSA) is 66.8 Å². The molecule has 0 saturated heterocycles. The highest BCUT2D eigenvalue weighted by molar-refractivity contribution is 6.05. The van der Waals surface area contributed by atoms with Gasteiger partial charge in [0.25, 0.3) is 0 Å². The van der Waals surface area contributed by atoms with E-state index in [9.17, 15) is 15.0 Å². The van der Waals surface area contributed by atoms with Crippen molar-refractivity contribution < 1.29 is 19.7 Å². The van der Waals surface area contributed by atoms with E-state index in [1.807, 2.05) is 49.4 Å². The van der Waals surface area contributed by atoms with E-state index >= 15 is 0 Å². The van der Waals surface area contributed by atoms with E-state index in [0.717, 1.165) is 22.8 Å². The van der Waals surface area contributed by atoms with Crippen molar-refractivity contribution in [3.63, 3.8) is 0 Å². The van der Waals surface area contributed by atoms with Crippen LogP contribution >= 0.6 is 0 Å². The average molecular weight is 358 g/mol. The van der Waals surface area contributed by atoms with Gasteiger partial charge in [0.05, 0.1) is 0 Å². The largest absolute Gasteiger partial charge is 0.507 e. The molecule has 0 atom stereocenters. The summed E-state index contributed by atoms with van der Waals surface area (Å²) in [5.74, 6) is -0.585. The van der Waals surface area contributed by atoms with Gasteiger partial charge in [0.1, 0.15) is 22.8 Å². The maximum atomic E-state index is 12.7. The summed E-state index contributed by atoms with van der Waals surface area (Å²) in [5.41, 5.74) is 0.959. The predicted octanol–water partition coefficient (Wildman–Crippen LogP) is 5.19. The predicted molar refractivity (Wildman–Crippen MR) is 106 cm³/mol. The van der Waals surface area contributed by atoms with Crippen molar-refractivity contribution in [2.45, 2.75) is 13.3 Å². The molecule has 4 heteroatoms. The first-order valence-electron chi connectivity index (χ1n) is 8.76. The molecule has 0 aliphatic carbocycles. The van der Waals surface area contributed by atoms with Crippen LogP contribution in [0.4, 0.5) is 0 Å². The van der Waals surface area contributed by atoms with Crippen molar-refractivity contribution in [2.24, 2.45) is 0 Å². The smallest absolute Gasteiger partial charge is 0.347 e. The lowest BCUT2D eigenvalue weighted by Gasteiger charge is -2.12. The Morgan fingerprint density at radius 1 is 0.889 bits per heavy atom. The molecule has 0 saturated carbocycles. The maximum Gasteiger partial charge on any atom is 0.347 e. The molecule has 134 valence electrons. The van der Waals surface area contributed by atoms with Gasteiger partial charge >= 0.3 is 5.97 Å². The number of benzene rings is 4. The molecular formula is C23H18O4. The number of rotatable bonds is 3. The minimum absolute atomic E-state index is 0.0667. The highest BCUT2D eigenvalue weighted by Crippen LogP contribution is 2.37. The molecule has 27 heavy (non-hydrogen) atoms. The number of hydrogen-bond acceptors (Lipinski definition) is 4. The second-order valence-electron chi connectivity index (χ2n) is 6.39. The van der Waals surface area contributed by atoms with E-state index in [1.165, 1.54) is 6.07 Å². The first-order valence-corrected chi connectivity index (χ1v) is 8.76. The molecule has 0 fully saturated rings. The van der Waals surface area contributed by atoms with Crippen LogP contribution in [-0.2, 0) is 6.42 Å². The Hall–Kier alpha value is -3.53. The standard InChI is InChI=1S/C23H18O4/c1-2-14-10-11-17-18(12-14)20(24)13-19(22(17)25)23(26)27-21-9-5-7-15-6-3-4-8-16(15)21/h3-13,24-25H,2H2,1H3. The molecular weight excluding hydrogens is 340 g/mol. The van der Waals surface area contributed by atoms with E-state index < -0.39 is 5.97 Å². The third kappa shape index (κ3) is 2.95. The number of aryl methyl sites for hydroxylation is 1. The van der Waals surface area contributed by atoms with Crippen LogP contribution in [0.25, 0.3) is 21.5 Å². The van der Waals surface area contributed by atoms with Crippen molar-refractivity contribution in [1.82, 2.24) is 0 Å². The van der Waals surface area contributed by atoms with Crippen LogP contribution in [0, 0.1) is 0 Å². The second-order valence-corrected chi connectivity index (χ2v) is 6.39. The van der Waals surface area contributed by atoms with Gasteiger partial charge in [-0.05, 0) is 35.6 Å². The van der Waals surface area contributed by atoms with Gasteiger partial charge in [0.2, 0.25) is 0 Å². The van der Waals surface area contributed by atoms with Crippen molar-refractivity contribution in [2.75, 3.05) is 0 Å². The zero-order valence-electron chi connectivity index (χ0n) is 14.8. The SMILES string of the molecule is CCc1ccc2c(O)c(C(=O)Oc3cccc4ccccc34)cc(O)c2c1. The maximum absolute atomic E-state index is 12.7. The van der Waals surface area contributed by atoms with E-state index in [0.29, 0.717) is 16.5 Å². The van der Waals surface area contributed by atoms with Crippen LogP contribution in [-0.4, -0.2) is 16.2 Å². The van der Waals surface area contributed by atoms with Crippen molar-refractivity contribution in [3.8, 4) is 17.2 Å². The summed E-state index contributed by atoms with van der Waals surface area (Å²) in [5, 5.41) is 23.6. The second kappa shape index (κ2) is 6.65. The van der Waals surface area contributed by atoms with E-state index in [4.69, 9.17) is 4.74 Å². The molecule has 4 aromatic rings. The molecule has 0 heterocycles. The first-order chi connectivity index (χ1) is 13.1. The van der Waals surface area contributed by atoms with E-state index in [1.54, 1.807) is 18.2 Å². The average Bonchev–Trinajstić information content (AvgIpc) is 2.70. The number of esters is 1. The molecule has 0 radical (unpaired) electrons. The van der Waals surface area contributed by atoms with E-state index in [-0.39, 0.29) is 17.1 Å². The Labute approximate surface area is 156 Å². The third-order valence-electron chi connectivity index (χ3n) is 4.73. The van der Waals surface area contributed by atoms with Gasteiger partial charge in [-0.3, -0.25) is 0 Å². The van der Waals surface area contributed by atoms with Crippen LogP contribution in [0.1, 0.15) is 22.8 Å². The number of carbonyl (C=O) groups is 1. The highest BCUT2D eigenvalue weighted by Gasteiger charge is 2.20. The first kappa shape index (κ1) is 16.9. The lowest BCUT2D eigenvalue weighted by molar-refractivity contribution is 0.0734. The summed E-state index contributed by atoms with van der Waals surface area (Å²) >= 11 is 0. The quantitative estimate of drug-likeness (QED) is 0.301. The van der Waals surface area contributed by atoms with Crippen LogP contribution in [0.3, 0.4) is 0 Å². The summed E-state index contributed by atoms with van der Waals surface area (Å²) in [6.07, 6.45) is 0.807. The Morgan fingerprint density at radius 3 is 2.48 bits per heavy atom. The monoisotopic (exact) mass is 358 g/mol. The molecule has 4 aromatic carbocycles. The van der Waals surface area contributed by atoms with Gasteiger partial charge in [-0.15, -0.1) is 0 Å². The lowest BCUT2D eigenvalue weighted by atomic mass is 10.0. The van der Waals surface area contributed by atoms with Gasteiger partial charge in [0.15, 0.2) is 0 Å². The molecule has 2 N–H and O–H groups in total. The molecule has 0 amide bonds. The lowest BCUT2D eigenvalue weighted by Crippen LogP contribution is -2.09. The number of phenols is 2. The number of aromatic hydroxyl groups is 2. The molecule has 0 bridgehead atoms. The molecule has 4 nitrogen and oxygen atoms in total. The van der Waals surface area contributed by atoms with Crippen LogP contribution in [0.2, 0.25) is 0 Å². The van der Waals surface area contributed by atoms with Crippen molar-refractivity contribution in [1.29, 1.82) is 0 Å². The van der Waals surface area contributed by atoms with Gasteiger partial charge < -0.3 is 14.9 Å². The zero-order valence-corrected chi connectivity index (χ0v) is 14.8. The molecule has 0 spiro atoms. The van der Waals surface area contributed by atoms with Gasteiger partial charge in [-0.25, -0.2) is 4.79 Å². The Bertz CT molecular complexity index is 1170. The fourth-order valence-electron chi connectivity index (χ4n) is 3.25. The summed E-state index contributed by atoms with van der Waals surface area (Å²) in [4.78, 5) is 12.7. The summed E-state index contributed by atoms with van der Waals surface area (Å²) in [6, 6.07) is 19.6. The van der Waals surface area contributed by atoms with Crippen LogP contribution in [0.15, 0.2) is 66.7 Å². The molecule has 0 unspecified atom stereocenters. The molecule has 0 aromatic heterocycles. The molecule has 4 rings (SSSR count). The van der Waals surface area contributed by atoms with Gasteiger partial charge in [-0.2, -0.15) is 0 Å². The van der Waals surface area contributed by atoms with E-state index in [2.05, 4.69) is 0 Å². The summed E-state index contributed by atoms with van der Waals surface area (Å²) in [6.45, 7) is 2.01. The Morgan fingerprint density at radius 2 is 1.67 bits per heavy atom. The zero-order chi connectivity index (χ0) is 19.0. The number of phenolic OH excluding ortho intramolecular Hbond substituents is 2. The van der Waals surface area contributed by atoms with Gasteiger partial charge in [0, 0.05) is 16.2 Å². The number of carbonyl (C=O) groups excluding carboxylic acids is 1. The minimum Gasteiger partial charge on any atom is -0.507 e. The minimum atomic E-state index is -0.722. The number of hydrogen-bond donors (Lipinski definition) is 2. The summed E-state index contributed by atoms with van der Waals surface area (Å²) in [7, 11) is 0. The van der Waals surface area contributed by atoms with Crippen molar-refractivity contribution in [3.05, 3.63) is 77.9 Å². The normalized spacial score (nSPS) is 11.0. The highest BCUT2D eigenvalue weighted by atomic mass is 16.5. The van der Waals surface area contributed by atoms with Crippen LogP contribution < -0.4 is 4.74 Å². The van der Waals surface area contributed by atoms with Crippen LogP contribution in [0.5, 0.6) is 17.2 Å². The molecule has 0 aliphatic rings. The molecule has 0 aliphatic heterocycles. The fraction of sp³-hybridized carbons (Fsp3) is 0.0870. The number of fused-ring (bicyclic) bond motifs is 2. The number of ether oxygens (including phenoxy) is 1.